The van der Waals surface area contributed by atoms with Gasteiger partial charge in [-0.1, -0.05) is 24.3 Å². The number of hydrogen-bond acceptors (Lipinski definition) is 4. The first-order valence-electron chi connectivity index (χ1n) is 7.36. The van der Waals surface area contributed by atoms with Gasteiger partial charge < -0.3 is 4.42 Å². The van der Waals surface area contributed by atoms with Crippen molar-refractivity contribution in [1.82, 2.24) is 15.0 Å². The van der Waals surface area contributed by atoms with E-state index in [4.69, 9.17) is 4.42 Å². The third-order valence-electron chi connectivity index (χ3n) is 4.07. The van der Waals surface area contributed by atoms with Crippen LogP contribution in [0.25, 0.3) is 44.1 Å². The van der Waals surface area contributed by atoms with E-state index in [0.717, 1.165) is 44.1 Å². The zero-order valence-electron chi connectivity index (χ0n) is 12.1. The molecule has 0 bridgehead atoms. The average molecular weight is 297 g/mol. The van der Waals surface area contributed by atoms with Gasteiger partial charge in [-0.15, -0.1) is 0 Å². The van der Waals surface area contributed by atoms with Gasteiger partial charge in [-0.3, -0.25) is 15.0 Å². The summed E-state index contributed by atoms with van der Waals surface area (Å²) in [6.07, 6.45) is 7.13. The van der Waals surface area contributed by atoms with E-state index in [1.54, 1.807) is 12.4 Å². The summed E-state index contributed by atoms with van der Waals surface area (Å²) in [5.41, 5.74) is 4.44. The summed E-state index contributed by atoms with van der Waals surface area (Å²) in [5, 5.41) is 3.12. The Bertz CT molecular complexity index is 1170. The minimum Gasteiger partial charge on any atom is -0.454 e. The zero-order valence-corrected chi connectivity index (χ0v) is 12.1. The molecule has 0 spiro atoms. The lowest BCUT2D eigenvalue weighted by atomic mass is 10.1. The Hall–Kier alpha value is -3.27. The molecule has 4 nitrogen and oxygen atoms in total. The van der Waals surface area contributed by atoms with Crippen molar-refractivity contribution in [3.05, 3.63) is 67.3 Å². The second kappa shape index (κ2) is 4.61. The number of hydrogen-bond donors (Lipinski definition) is 0. The highest BCUT2D eigenvalue weighted by Gasteiger charge is 2.11. The highest BCUT2D eigenvalue weighted by atomic mass is 16.3. The number of rotatable bonds is 1. The Balaban J connectivity index is 1.84. The van der Waals surface area contributed by atoms with Crippen molar-refractivity contribution in [3.63, 3.8) is 0 Å². The maximum atomic E-state index is 5.81. The molecular formula is C19H11N3O. The Labute approximate surface area is 131 Å². The minimum atomic E-state index is 0.768. The van der Waals surface area contributed by atoms with Crippen LogP contribution in [0.3, 0.4) is 0 Å². The number of furan rings is 1. The summed E-state index contributed by atoms with van der Waals surface area (Å²) in [6.45, 7) is 0. The Morgan fingerprint density at radius 2 is 1.74 bits per heavy atom. The first-order valence-corrected chi connectivity index (χ1v) is 7.36. The van der Waals surface area contributed by atoms with E-state index in [9.17, 15) is 0 Å². The Kier molecular flexibility index (Phi) is 2.46. The third-order valence-corrected chi connectivity index (χ3v) is 4.07. The Morgan fingerprint density at radius 3 is 2.74 bits per heavy atom. The number of aromatic nitrogens is 3. The smallest absolute Gasteiger partial charge is 0.153 e. The summed E-state index contributed by atoms with van der Waals surface area (Å²) in [4.78, 5) is 13.3. The van der Waals surface area contributed by atoms with E-state index in [2.05, 4.69) is 27.1 Å². The molecule has 23 heavy (non-hydrogen) atoms. The van der Waals surface area contributed by atoms with Crippen LogP contribution in [0, 0.1) is 0 Å². The van der Waals surface area contributed by atoms with Crippen molar-refractivity contribution in [2.24, 2.45) is 0 Å². The molecule has 4 aromatic heterocycles. The summed E-state index contributed by atoms with van der Waals surface area (Å²) >= 11 is 0. The van der Waals surface area contributed by atoms with E-state index in [1.807, 2.05) is 42.7 Å². The van der Waals surface area contributed by atoms with Gasteiger partial charge in [0.2, 0.25) is 0 Å². The molecule has 5 aromatic rings. The molecule has 0 N–H and O–H groups in total. The van der Waals surface area contributed by atoms with Crippen molar-refractivity contribution in [2.45, 2.75) is 0 Å². The van der Waals surface area contributed by atoms with E-state index in [0.29, 0.717) is 0 Å². The number of benzene rings is 1. The summed E-state index contributed by atoms with van der Waals surface area (Å²) in [5.74, 6) is 0. The molecular weight excluding hydrogens is 286 g/mol. The summed E-state index contributed by atoms with van der Waals surface area (Å²) < 4.78 is 5.81. The van der Waals surface area contributed by atoms with Crippen LogP contribution in [-0.2, 0) is 0 Å². The molecule has 4 heterocycles. The molecule has 0 radical (unpaired) electrons. The fraction of sp³-hybridized carbons (Fsp3) is 0. The van der Waals surface area contributed by atoms with Crippen molar-refractivity contribution in [2.75, 3.05) is 0 Å². The van der Waals surface area contributed by atoms with Crippen molar-refractivity contribution >= 4 is 32.8 Å². The van der Waals surface area contributed by atoms with Crippen molar-refractivity contribution in [3.8, 4) is 11.3 Å². The molecule has 0 aliphatic carbocycles. The van der Waals surface area contributed by atoms with Gasteiger partial charge in [0.05, 0.1) is 17.4 Å². The van der Waals surface area contributed by atoms with Crippen LogP contribution < -0.4 is 0 Å². The van der Waals surface area contributed by atoms with Gasteiger partial charge in [0.25, 0.3) is 0 Å². The predicted octanol–water partition coefficient (Wildman–Crippen LogP) is 4.59. The molecule has 0 fully saturated rings. The monoisotopic (exact) mass is 297 g/mol. The van der Waals surface area contributed by atoms with Crippen molar-refractivity contribution in [1.29, 1.82) is 0 Å². The van der Waals surface area contributed by atoms with Crippen LogP contribution in [0.15, 0.2) is 71.7 Å². The minimum absolute atomic E-state index is 0.768. The van der Waals surface area contributed by atoms with Crippen LogP contribution in [0.2, 0.25) is 0 Å². The molecule has 5 rings (SSSR count). The molecule has 1 aromatic carbocycles. The maximum absolute atomic E-state index is 5.81. The topological polar surface area (TPSA) is 51.8 Å². The van der Waals surface area contributed by atoms with Crippen LogP contribution >= 0.6 is 0 Å². The van der Waals surface area contributed by atoms with E-state index in [-0.39, 0.29) is 0 Å². The highest BCUT2D eigenvalue weighted by Crippen LogP contribution is 2.32. The molecule has 0 saturated carbocycles. The zero-order chi connectivity index (χ0) is 15.2. The van der Waals surface area contributed by atoms with Gasteiger partial charge in [0.1, 0.15) is 5.58 Å². The number of nitrogens with zero attached hydrogens (tertiary/aromatic N) is 3. The SMILES string of the molecule is c1cnc2c(-c3cc4c(cn3)oc3ccncc34)cccc2c1. The highest BCUT2D eigenvalue weighted by molar-refractivity contribution is 6.06. The molecule has 0 aliphatic heterocycles. The lowest BCUT2D eigenvalue weighted by molar-refractivity contribution is 0.666. The van der Waals surface area contributed by atoms with E-state index in [1.165, 1.54) is 0 Å². The molecule has 0 unspecified atom stereocenters. The lowest BCUT2D eigenvalue weighted by Crippen LogP contribution is -1.87. The van der Waals surface area contributed by atoms with E-state index < -0.39 is 0 Å². The van der Waals surface area contributed by atoms with Gasteiger partial charge in [-0.05, 0) is 18.2 Å². The summed E-state index contributed by atoms with van der Waals surface area (Å²) in [7, 11) is 0. The summed E-state index contributed by atoms with van der Waals surface area (Å²) in [6, 6.07) is 14.0. The van der Waals surface area contributed by atoms with Gasteiger partial charge in [-0.2, -0.15) is 0 Å². The van der Waals surface area contributed by atoms with Gasteiger partial charge in [0, 0.05) is 40.3 Å². The number of fused-ring (bicyclic) bond motifs is 4. The van der Waals surface area contributed by atoms with Crippen LogP contribution in [0.1, 0.15) is 0 Å². The first kappa shape index (κ1) is 12.3. The lowest BCUT2D eigenvalue weighted by Gasteiger charge is -2.05. The quantitative estimate of drug-likeness (QED) is 0.454. The van der Waals surface area contributed by atoms with E-state index >= 15 is 0 Å². The molecule has 4 heteroatoms. The number of para-hydroxylation sites is 1. The van der Waals surface area contributed by atoms with Gasteiger partial charge in [0.15, 0.2) is 5.58 Å². The fourth-order valence-corrected chi connectivity index (χ4v) is 2.98. The molecule has 108 valence electrons. The largest absolute Gasteiger partial charge is 0.454 e. The van der Waals surface area contributed by atoms with Crippen LogP contribution in [0.4, 0.5) is 0 Å². The first-order chi connectivity index (χ1) is 11.4. The molecule has 0 amide bonds. The number of pyridine rings is 3. The standard InChI is InChI=1S/C19H11N3O/c1-3-12-4-2-7-21-19(12)13(5-1)16-9-14-15-10-20-8-6-17(15)23-18(14)11-22-16/h1-11H. The normalized spacial score (nSPS) is 11.5. The Morgan fingerprint density at radius 1 is 0.783 bits per heavy atom. The molecule has 0 atom stereocenters. The fourth-order valence-electron chi connectivity index (χ4n) is 2.98. The molecule has 0 saturated heterocycles. The van der Waals surface area contributed by atoms with Crippen molar-refractivity contribution < 1.29 is 4.42 Å². The second-order valence-electron chi connectivity index (χ2n) is 5.42. The predicted molar refractivity (Wildman–Crippen MR) is 90.0 cm³/mol. The van der Waals surface area contributed by atoms with Crippen LogP contribution in [0.5, 0.6) is 0 Å². The third kappa shape index (κ3) is 1.82. The molecule has 0 aliphatic rings. The second-order valence-corrected chi connectivity index (χ2v) is 5.42. The van der Waals surface area contributed by atoms with Gasteiger partial charge >= 0.3 is 0 Å². The maximum Gasteiger partial charge on any atom is 0.153 e. The van der Waals surface area contributed by atoms with Gasteiger partial charge in [-0.25, -0.2) is 0 Å². The average Bonchev–Trinajstić information content (AvgIpc) is 2.99. The van der Waals surface area contributed by atoms with Crippen LogP contribution in [-0.4, -0.2) is 15.0 Å².